The van der Waals surface area contributed by atoms with Gasteiger partial charge in [0.05, 0.1) is 30.3 Å². The molecule has 0 radical (unpaired) electrons. The number of fused-ring (bicyclic) bond motifs is 3. The van der Waals surface area contributed by atoms with E-state index < -0.39 is 10.0 Å². The SMILES string of the molecule is COc1ccc(S(=O)(=O)N2CCc3c(sc4ncn(Cc5ccccc5F)c(=O)c34)C2)cc1. The van der Waals surface area contributed by atoms with E-state index in [1.807, 2.05) is 0 Å². The van der Waals surface area contributed by atoms with Gasteiger partial charge in [0.2, 0.25) is 10.0 Å². The van der Waals surface area contributed by atoms with Crippen molar-refractivity contribution in [3.8, 4) is 5.75 Å². The van der Waals surface area contributed by atoms with E-state index in [9.17, 15) is 17.6 Å². The Morgan fingerprint density at radius 1 is 1.15 bits per heavy atom. The molecular formula is C23H20FN3O4S2. The summed E-state index contributed by atoms with van der Waals surface area (Å²) in [5.41, 5.74) is 0.991. The summed E-state index contributed by atoms with van der Waals surface area (Å²) >= 11 is 1.33. The number of benzene rings is 2. The van der Waals surface area contributed by atoms with Gasteiger partial charge in [0.15, 0.2) is 0 Å². The van der Waals surface area contributed by atoms with Crippen molar-refractivity contribution in [3.05, 3.63) is 87.0 Å². The number of aromatic nitrogens is 2. The van der Waals surface area contributed by atoms with Crippen LogP contribution in [0.1, 0.15) is 16.0 Å². The molecule has 0 N–H and O–H groups in total. The topological polar surface area (TPSA) is 81.5 Å². The van der Waals surface area contributed by atoms with Crippen molar-refractivity contribution in [1.29, 1.82) is 0 Å². The minimum atomic E-state index is -3.69. The van der Waals surface area contributed by atoms with Gasteiger partial charge in [-0.05, 0) is 42.3 Å². The molecule has 0 unspecified atom stereocenters. The summed E-state index contributed by atoms with van der Waals surface area (Å²) in [5.74, 6) is 0.202. The quantitative estimate of drug-likeness (QED) is 0.433. The lowest BCUT2D eigenvalue weighted by Gasteiger charge is -2.26. The number of hydrogen-bond donors (Lipinski definition) is 0. The van der Waals surface area contributed by atoms with E-state index in [1.54, 1.807) is 30.3 Å². The molecule has 7 nitrogen and oxygen atoms in total. The lowest BCUT2D eigenvalue weighted by Crippen LogP contribution is -2.35. The average Bonchev–Trinajstić information content (AvgIpc) is 3.21. The summed E-state index contributed by atoms with van der Waals surface area (Å²) < 4.78 is 48.3. The van der Waals surface area contributed by atoms with Crippen molar-refractivity contribution in [2.75, 3.05) is 13.7 Å². The Hall–Kier alpha value is -3.08. The minimum Gasteiger partial charge on any atom is -0.497 e. The zero-order valence-electron chi connectivity index (χ0n) is 17.7. The minimum absolute atomic E-state index is 0.0804. The highest BCUT2D eigenvalue weighted by molar-refractivity contribution is 7.89. The molecule has 0 saturated heterocycles. The molecule has 3 heterocycles. The van der Waals surface area contributed by atoms with Crippen LogP contribution in [0.25, 0.3) is 10.2 Å². The number of thiophene rings is 1. The van der Waals surface area contributed by atoms with Crippen molar-refractivity contribution < 1.29 is 17.5 Å². The van der Waals surface area contributed by atoms with Crippen molar-refractivity contribution in [2.45, 2.75) is 24.4 Å². The molecule has 5 rings (SSSR count). The predicted octanol–water partition coefficient (Wildman–Crippen LogP) is 3.40. The molecule has 0 aliphatic carbocycles. The molecule has 1 aliphatic heterocycles. The van der Waals surface area contributed by atoms with E-state index in [4.69, 9.17) is 4.74 Å². The molecule has 0 atom stereocenters. The summed E-state index contributed by atoms with van der Waals surface area (Å²) in [5, 5.41) is 0.496. The van der Waals surface area contributed by atoms with Gasteiger partial charge in [-0.25, -0.2) is 17.8 Å². The Morgan fingerprint density at radius 3 is 2.64 bits per heavy atom. The van der Waals surface area contributed by atoms with Crippen LogP contribution in [0.2, 0.25) is 0 Å². The predicted molar refractivity (Wildman–Crippen MR) is 124 cm³/mol. The molecule has 0 fully saturated rings. The highest BCUT2D eigenvalue weighted by Gasteiger charge is 2.31. The van der Waals surface area contributed by atoms with Crippen molar-refractivity contribution in [1.82, 2.24) is 13.9 Å². The summed E-state index contributed by atoms with van der Waals surface area (Å²) in [4.78, 5) is 19.2. The first-order valence-corrected chi connectivity index (χ1v) is 12.5. The lowest BCUT2D eigenvalue weighted by molar-refractivity contribution is 0.396. The second-order valence-corrected chi connectivity index (χ2v) is 10.7. The van der Waals surface area contributed by atoms with Gasteiger partial charge < -0.3 is 4.74 Å². The third kappa shape index (κ3) is 3.84. The summed E-state index contributed by atoms with van der Waals surface area (Å²) in [6.45, 7) is 0.517. The monoisotopic (exact) mass is 485 g/mol. The van der Waals surface area contributed by atoms with Gasteiger partial charge in [-0.1, -0.05) is 18.2 Å². The van der Waals surface area contributed by atoms with E-state index in [1.165, 1.54) is 51.8 Å². The smallest absolute Gasteiger partial charge is 0.262 e. The van der Waals surface area contributed by atoms with E-state index in [-0.39, 0.29) is 35.9 Å². The fourth-order valence-corrected chi connectivity index (χ4v) is 6.70. The maximum absolute atomic E-state index is 14.1. The number of methoxy groups -OCH3 is 1. The Morgan fingerprint density at radius 2 is 1.91 bits per heavy atom. The van der Waals surface area contributed by atoms with Gasteiger partial charge in [-0.2, -0.15) is 4.31 Å². The maximum atomic E-state index is 14.1. The number of halogens is 1. The van der Waals surface area contributed by atoms with E-state index in [2.05, 4.69) is 4.98 Å². The molecule has 2 aromatic heterocycles. The second-order valence-electron chi connectivity index (χ2n) is 7.72. The van der Waals surface area contributed by atoms with Crippen LogP contribution in [0.15, 0.2) is 64.5 Å². The molecule has 2 aromatic carbocycles. The fraction of sp³-hybridized carbons (Fsp3) is 0.217. The number of hydrogen-bond acceptors (Lipinski definition) is 6. The Kier molecular flexibility index (Phi) is 5.51. The van der Waals surface area contributed by atoms with E-state index in [0.29, 0.717) is 28.0 Å². The molecule has 0 saturated carbocycles. The number of sulfonamides is 1. The third-order valence-corrected chi connectivity index (χ3v) is 8.77. The van der Waals surface area contributed by atoms with Gasteiger partial charge in [-0.15, -0.1) is 11.3 Å². The van der Waals surface area contributed by atoms with Crippen LogP contribution in [0.5, 0.6) is 5.75 Å². The molecule has 0 spiro atoms. The Balaban J connectivity index is 1.48. The molecule has 10 heteroatoms. The molecule has 4 aromatic rings. The van der Waals surface area contributed by atoms with Crippen molar-refractivity contribution in [3.63, 3.8) is 0 Å². The standard InChI is InChI=1S/C23H20FN3O4S2/c1-31-16-6-8-17(9-7-16)33(29,30)27-11-10-18-20(13-27)32-22-21(18)23(28)26(14-25-22)12-15-4-2-3-5-19(15)24/h2-9,14H,10-13H2,1H3. The summed E-state index contributed by atoms with van der Waals surface area (Å²) in [6, 6.07) is 12.6. The van der Waals surface area contributed by atoms with Crippen LogP contribution >= 0.6 is 11.3 Å². The molecule has 1 aliphatic rings. The molecule has 170 valence electrons. The fourth-order valence-electron chi connectivity index (χ4n) is 4.02. The first kappa shape index (κ1) is 21.7. The molecule has 33 heavy (non-hydrogen) atoms. The largest absolute Gasteiger partial charge is 0.497 e. The average molecular weight is 486 g/mol. The first-order valence-electron chi connectivity index (χ1n) is 10.3. The van der Waals surface area contributed by atoms with Crippen LogP contribution in [0.4, 0.5) is 4.39 Å². The van der Waals surface area contributed by atoms with Crippen LogP contribution < -0.4 is 10.3 Å². The summed E-state index contributed by atoms with van der Waals surface area (Å²) in [6.07, 6.45) is 1.83. The molecular weight excluding hydrogens is 465 g/mol. The molecule has 0 amide bonds. The third-order valence-electron chi connectivity index (χ3n) is 5.79. The van der Waals surface area contributed by atoms with Crippen LogP contribution in [-0.2, 0) is 29.5 Å². The number of rotatable bonds is 5. The molecule has 0 bridgehead atoms. The summed E-state index contributed by atoms with van der Waals surface area (Å²) in [7, 11) is -2.17. The number of nitrogens with zero attached hydrogens (tertiary/aromatic N) is 3. The van der Waals surface area contributed by atoms with Crippen molar-refractivity contribution in [2.24, 2.45) is 0 Å². The van der Waals surface area contributed by atoms with Crippen LogP contribution in [0.3, 0.4) is 0 Å². The van der Waals surface area contributed by atoms with Gasteiger partial charge in [0.25, 0.3) is 5.56 Å². The van der Waals surface area contributed by atoms with E-state index in [0.717, 1.165) is 10.4 Å². The highest BCUT2D eigenvalue weighted by atomic mass is 32.2. The van der Waals surface area contributed by atoms with Crippen LogP contribution in [-0.4, -0.2) is 35.9 Å². The number of ether oxygens (including phenoxy) is 1. The van der Waals surface area contributed by atoms with E-state index >= 15 is 0 Å². The highest BCUT2D eigenvalue weighted by Crippen LogP contribution is 2.34. The maximum Gasteiger partial charge on any atom is 0.262 e. The second kappa shape index (κ2) is 8.36. The zero-order valence-corrected chi connectivity index (χ0v) is 19.3. The zero-order chi connectivity index (χ0) is 23.2. The Bertz CT molecular complexity index is 1510. The van der Waals surface area contributed by atoms with Gasteiger partial charge in [0, 0.05) is 23.5 Å². The van der Waals surface area contributed by atoms with Crippen molar-refractivity contribution >= 4 is 31.6 Å². The van der Waals surface area contributed by atoms with Gasteiger partial charge in [0.1, 0.15) is 16.4 Å². The Labute approximate surface area is 193 Å². The van der Waals surface area contributed by atoms with Gasteiger partial charge >= 0.3 is 0 Å². The van der Waals surface area contributed by atoms with Gasteiger partial charge in [-0.3, -0.25) is 9.36 Å². The van der Waals surface area contributed by atoms with Crippen LogP contribution in [0, 0.1) is 5.82 Å². The first-order chi connectivity index (χ1) is 15.9. The lowest BCUT2D eigenvalue weighted by atomic mass is 10.1. The normalized spacial score (nSPS) is 14.4.